The highest BCUT2D eigenvalue weighted by molar-refractivity contribution is 7.99. The summed E-state index contributed by atoms with van der Waals surface area (Å²) in [5.41, 5.74) is -1.36. The van der Waals surface area contributed by atoms with E-state index in [2.05, 4.69) is 0 Å². The molecule has 1 aromatic rings. The molecule has 1 aliphatic heterocycles. The molecular weight excluding hydrogens is 228 g/mol. The molecular formula is C11H12O4S. The second kappa shape index (κ2) is 3.99. The van der Waals surface area contributed by atoms with Crippen LogP contribution in [0.3, 0.4) is 0 Å². The third-order valence-electron chi connectivity index (χ3n) is 2.71. The molecule has 1 atom stereocenters. The lowest BCUT2D eigenvalue weighted by atomic mass is 9.90. The van der Waals surface area contributed by atoms with Crippen molar-refractivity contribution in [3.05, 3.63) is 23.8 Å². The first-order valence-electron chi connectivity index (χ1n) is 4.85. The number of fused-ring (bicyclic) bond motifs is 1. The number of ether oxygens (including phenoxy) is 1. The summed E-state index contributed by atoms with van der Waals surface area (Å²) in [5.74, 6) is -0.0277. The fourth-order valence-corrected chi connectivity index (χ4v) is 3.10. The van der Waals surface area contributed by atoms with Crippen LogP contribution in [0.2, 0.25) is 0 Å². The molecule has 0 bridgehead atoms. The summed E-state index contributed by atoms with van der Waals surface area (Å²) in [4.78, 5) is 11.9. The van der Waals surface area contributed by atoms with Crippen LogP contribution >= 0.6 is 11.8 Å². The van der Waals surface area contributed by atoms with Gasteiger partial charge in [0.2, 0.25) is 0 Å². The molecule has 86 valence electrons. The van der Waals surface area contributed by atoms with E-state index in [1.807, 2.05) is 0 Å². The molecule has 1 aliphatic rings. The van der Waals surface area contributed by atoms with Crippen molar-refractivity contribution in [1.82, 2.24) is 0 Å². The molecule has 0 aliphatic carbocycles. The minimum atomic E-state index is -1.78. The lowest BCUT2D eigenvalue weighted by molar-refractivity contribution is -0.160. The van der Waals surface area contributed by atoms with E-state index in [0.717, 1.165) is 4.90 Å². The molecule has 0 saturated carbocycles. The van der Waals surface area contributed by atoms with Gasteiger partial charge >= 0.3 is 5.97 Å². The van der Waals surface area contributed by atoms with E-state index >= 15 is 0 Å². The van der Waals surface area contributed by atoms with Gasteiger partial charge in [0, 0.05) is 17.7 Å². The number of carboxylic acids is 1. The summed E-state index contributed by atoms with van der Waals surface area (Å²) < 4.78 is 5.16. The Balaban J connectivity index is 2.59. The Morgan fingerprint density at radius 2 is 2.31 bits per heavy atom. The SMILES string of the molecule is COc1cccc2c1SCCC2(O)C(=O)O. The molecule has 16 heavy (non-hydrogen) atoms. The monoisotopic (exact) mass is 240 g/mol. The topological polar surface area (TPSA) is 66.8 Å². The van der Waals surface area contributed by atoms with Gasteiger partial charge in [0.05, 0.1) is 12.0 Å². The van der Waals surface area contributed by atoms with Crippen LogP contribution in [-0.2, 0) is 10.4 Å². The zero-order valence-electron chi connectivity index (χ0n) is 8.77. The number of methoxy groups -OCH3 is 1. The van der Waals surface area contributed by atoms with Gasteiger partial charge < -0.3 is 14.9 Å². The first kappa shape index (κ1) is 11.3. The highest BCUT2D eigenvalue weighted by atomic mass is 32.2. The van der Waals surface area contributed by atoms with E-state index in [1.165, 1.54) is 18.9 Å². The number of hydrogen-bond acceptors (Lipinski definition) is 4. The number of hydrogen-bond donors (Lipinski definition) is 2. The van der Waals surface area contributed by atoms with E-state index in [0.29, 0.717) is 17.1 Å². The molecule has 2 N–H and O–H groups in total. The molecule has 0 spiro atoms. The van der Waals surface area contributed by atoms with Crippen molar-refractivity contribution in [3.8, 4) is 5.75 Å². The Labute approximate surface area is 97.2 Å². The molecule has 1 unspecified atom stereocenters. The Morgan fingerprint density at radius 3 is 2.94 bits per heavy atom. The summed E-state index contributed by atoms with van der Waals surface area (Å²) in [7, 11) is 1.53. The molecule has 2 rings (SSSR count). The zero-order valence-corrected chi connectivity index (χ0v) is 9.58. The maximum Gasteiger partial charge on any atom is 0.340 e. The van der Waals surface area contributed by atoms with Crippen LogP contribution in [0.15, 0.2) is 23.1 Å². The average molecular weight is 240 g/mol. The lowest BCUT2D eigenvalue weighted by Gasteiger charge is -2.30. The number of carbonyl (C=O) groups is 1. The van der Waals surface area contributed by atoms with Crippen LogP contribution in [0, 0.1) is 0 Å². The van der Waals surface area contributed by atoms with Crippen molar-refractivity contribution in [1.29, 1.82) is 0 Å². The van der Waals surface area contributed by atoms with Crippen molar-refractivity contribution in [2.24, 2.45) is 0 Å². The number of carboxylic acid groups (broad SMARTS) is 1. The van der Waals surface area contributed by atoms with Crippen LogP contribution in [0.25, 0.3) is 0 Å². The van der Waals surface area contributed by atoms with Crippen LogP contribution in [0.4, 0.5) is 0 Å². The quantitative estimate of drug-likeness (QED) is 0.819. The maximum atomic E-state index is 11.1. The summed E-state index contributed by atoms with van der Waals surface area (Å²) in [6.07, 6.45) is 0.215. The summed E-state index contributed by atoms with van der Waals surface area (Å²) in [6, 6.07) is 5.09. The molecule has 0 fully saturated rings. The number of benzene rings is 1. The van der Waals surface area contributed by atoms with Gasteiger partial charge in [-0.2, -0.15) is 0 Å². The molecule has 0 saturated heterocycles. The Hall–Kier alpha value is -1.20. The summed E-state index contributed by atoms with van der Waals surface area (Å²) >= 11 is 1.51. The van der Waals surface area contributed by atoms with Crippen LogP contribution < -0.4 is 4.74 Å². The summed E-state index contributed by atoms with van der Waals surface area (Å²) in [5, 5.41) is 19.3. The van der Waals surface area contributed by atoms with Gasteiger partial charge in [0.25, 0.3) is 0 Å². The molecule has 1 aromatic carbocycles. The predicted octanol–water partition coefficient (Wildman–Crippen LogP) is 1.46. The van der Waals surface area contributed by atoms with Crippen molar-refractivity contribution in [2.45, 2.75) is 16.9 Å². The highest BCUT2D eigenvalue weighted by Crippen LogP contribution is 2.44. The first-order chi connectivity index (χ1) is 7.59. The van der Waals surface area contributed by atoms with Gasteiger partial charge in [-0.25, -0.2) is 4.79 Å². The fourth-order valence-electron chi connectivity index (χ4n) is 1.81. The van der Waals surface area contributed by atoms with E-state index in [1.54, 1.807) is 18.2 Å². The van der Waals surface area contributed by atoms with Gasteiger partial charge in [0.15, 0.2) is 5.60 Å². The molecule has 0 amide bonds. The summed E-state index contributed by atoms with van der Waals surface area (Å²) in [6.45, 7) is 0. The molecule has 5 heteroatoms. The Morgan fingerprint density at radius 1 is 1.56 bits per heavy atom. The minimum absolute atomic E-state index is 0.215. The molecule has 0 radical (unpaired) electrons. The van der Waals surface area contributed by atoms with Crippen molar-refractivity contribution < 1.29 is 19.7 Å². The third-order valence-corrected chi connectivity index (χ3v) is 3.83. The predicted molar refractivity (Wildman–Crippen MR) is 59.9 cm³/mol. The van der Waals surface area contributed by atoms with Gasteiger partial charge in [0.1, 0.15) is 5.75 Å². The average Bonchev–Trinajstić information content (AvgIpc) is 2.28. The third kappa shape index (κ3) is 1.56. The van der Waals surface area contributed by atoms with Gasteiger partial charge in [-0.1, -0.05) is 12.1 Å². The van der Waals surface area contributed by atoms with Crippen molar-refractivity contribution >= 4 is 17.7 Å². The normalized spacial score (nSPS) is 23.6. The zero-order chi connectivity index (χ0) is 11.8. The minimum Gasteiger partial charge on any atom is -0.496 e. The second-order valence-electron chi connectivity index (χ2n) is 3.60. The van der Waals surface area contributed by atoms with Crippen LogP contribution in [0.5, 0.6) is 5.75 Å². The standard InChI is InChI=1S/C11H12O4S/c1-15-8-4-2-3-7-9(8)16-6-5-11(7,14)10(12)13/h2-4,14H,5-6H2,1H3,(H,12,13). The van der Waals surface area contributed by atoms with Gasteiger partial charge in [-0.3, -0.25) is 0 Å². The fraction of sp³-hybridized carbons (Fsp3) is 0.364. The number of thioether (sulfide) groups is 1. The lowest BCUT2D eigenvalue weighted by Crippen LogP contribution is -2.38. The molecule has 1 heterocycles. The van der Waals surface area contributed by atoms with E-state index in [-0.39, 0.29) is 6.42 Å². The largest absolute Gasteiger partial charge is 0.496 e. The van der Waals surface area contributed by atoms with Gasteiger partial charge in [-0.15, -0.1) is 11.8 Å². The second-order valence-corrected chi connectivity index (χ2v) is 4.71. The smallest absolute Gasteiger partial charge is 0.340 e. The van der Waals surface area contributed by atoms with Crippen molar-refractivity contribution in [3.63, 3.8) is 0 Å². The molecule has 0 aromatic heterocycles. The number of rotatable bonds is 2. The van der Waals surface area contributed by atoms with E-state index in [9.17, 15) is 9.90 Å². The van der Waals surface area contributed by atoms with Crippen LogP contribution in [0.1, 0.15) is 12.0 Å². The van der Waals surface area contributed by atoms with Crippen LogP contribution in [-0.4, -0.2) is 29.0 Å². The first-order valence-corrected chi connectivity index (χ1v) is 5.84. The van der Waals surface area contributed by atoms with E-state index in [4.69, 9.17) is 9.84 Å². The number of aliphatic hydroxyl groups is 1. The van der Waals surface area contributed by atoms with Crippen molar-refractivity contribution in [2.75, 3.05) is 12.9 Å². The van der Waals surface area contributed by atoms with E-state index < -0.39 is 11.6 Å². The Kier molecular flexibility index (Phi) is 2.82. The maximum absolute atomic E-state index is 11.1. The number of aliphatic carboxylic acids is 1. The Bertz CT molecular complexity index is 432. The van der Waals surface area contributed by atoms with Gasteiger partial charge in [-0.05, 0) is 6.07 Å². The highest BCUT2D eigenvalue weighted by Gasteiger charge is 2.42. The molecule has 4 nitrogen and oxygen atoms in total.